The summed E-state index contributed by atoms with van der Waals surface area (Å²) in [7, 11) is 0. The van der Waals surface area contributed by atoms with Crippen molar-refractivity contribution < 1.29 is 0 Å². The Bertz CT molecular complexity index is 710. The zero-order chi connectivity index (χ0) is 14.3. The zero-order valence-electron chi connectivity index (χ0n) is 12.5. The highest BCUT2D eigenvalue weighted by Crippen LogP contribution is 2.23. The fourth-order valence-electron chi connectivity index (χ4n) is 2.43. The molecule has 1 heterocycles. The Kier molecular flexibility index (Phi) is 3.17. The molecule has 3 rings (SSSR count). The average molecular weight is 264 g/mol. The van der Waals surface area contributed by atoms with Crippen molar-refractivity contribution in [1.82, 2.24) is 9.97 Å². The summed E-state index contributed by atoms with van der Waals surface area (Å²) in [5, 5.41) is 0. The third kappa shape index (κ3) is 2.26. The molecule has 0 spiro atoms. The van der Waals surface area contributed by atoms with Crippen molar-refractivity contribution in [2.45, 2.75) is 39.5 Å². The van der Waals surface area contributed by atoms with Gasteiger partial charge in [-0.15, -0.1) is 0 Å². The molecule has 0 radical (unpaired) electrons. The van der Waals surface area contributed by atoms with Crippen LogP contribution >= 0.6 is 0 Å². The summed E-state index contributed by atoms with van der Waals surface area (Å²) in [5.74, 6) is 1.03. The van der Waals surface area contributed by atoms with Gasteiger partial charge in [0.05, 0.1) is 22.1 Å². The van der Waals surface area contributed by atoms with Gasteiger partial charge in [0.15, 0.2) is 0 Å². The second-order valence-electron chi connectivity index (χ2n) is 6.03. The van der Waals surface area contributed by atoms with E-state index in [1.54, 1.807) is 0 Å². The number of fused-ring (bicyclic) bond motifs is 2. The monoisotopic (exact) mass is 264 g/mol. The van der Waals surface area contributed by atoms with Crippen molar-refractivity contribution >= 4 is 22.1 Å². The standard InChI is InChI=1S/C18H20N2/c1-11(2)13-5-7-15-17(9-13)20-18-10-14(12(3)4)6-8-16(18)19-15/h5-12H,1-4H3. The second-order valence-corrected chi connectivity index (χ2v) is 6.03. The minimum atomic E-state index is 0.513. The van der Waals surface area contributed by atoms with Gasteiger partial charge in [-0.05, 0) is 47.2 Å². The third-order valence-corrected chi connectivity index (χ3v) is 3.81. The van der Waals surface area contributed by atoms with Gasteiger partial charge in [-0.1, -0.05) is 39.8 Å². The highest BCUT2D eigenvalue weighted by atomic mass is 14.8. The molecule has 0 N–H and O–H groups in total. The molecule has 2 nitrogen and oxygen atoms in total. The molecule has 0 unspecified atom stereocenters. The van der Waals surface area contributed by atoms with Crippen LogP contribution in [0.1, 0.15) is 50.7 Å². The molecule has 0 bridgehead atoms. The summed E-state index contributed by atoms with van der Waals surface area (Å²) >= 11 is 0. The molecule has 0 amide bonds. The number of hydrogen-bond donors (Lipinski definition) is 0. The average Bonchev–Trinajstić information content (AvgIpc) is 2.43. The van der Waals surface area contributed by atoms with E-state index in [0.29, 0.717) is 11.8 Å². The summed E-state index contributed by atoms with van der Waals surface area (Å²) in [6, 6.07) is 12.8. The molecule has 0 saturated carbocycles. The summed E-state index contributed by atoms with van der Waals surface area (Å²) in [6.07, 6.45) is 0. The number of aromatic nitrogens is 2. The summed E-state index contributed by atoms with van der Waals surface area (Å²) in [4.78, 5) is 9.52. The maximum absolute atomic E-state index is 4.80. The van der Waals surface area contributed by atoms with Gasteiger partial charge in [-0.3, -0.25) is 0 Å². The van der Waals surface area contributed by atoms with Gasteiger partial charge in [-0.2, -0.15) is 0 Å². The van der Waals surface area contributed by atoms with E-state index in [4.69, 9.17) is 9.97 Å². The van der Waals surface area contributed by atoms with E-state index in [-0.39, 0.29) is 0 Å². The van der Waals surface area contributed by atoms with Gasteiger partial charge in [0.2, 0.25) is 0 Å². The molecule has 1 aromatic heterocycles. The number of nitrogens with zero attached hydrogens (tertiary/aromatic N) is 2. The van der Waals surface area contributed by atoms with Crippen LogP contribution in [0.2, 0.25) is 0 Å². The quantitative estimate of drug-likeness (QED) is 0.607. The lowest BCUT2D eigenvalue weighted by Gasteiger charge is -2.09. The molecule has 0 saturated heterocycles. The van der Waals surface area contributed by atoms with Crippen molar-refractivity contribution in [3.63, 3.8) is 0 Å². The summed E-state index contributed by atoms with van der Waals surface area (Å²) in [5.41, 5.74) is 6.55. The molecule has 102 valence electrons. The van der Waals surface area contributed by atoms with Gasteiger partial charge < -0.3 is 0 Å². The van der Waals surface area contributed by atoms with Crippen LogP contribution in [0.15, 0.2) is 36.4 Å². The number of rotatable bonds is 2. The highest BCUT2D eigenvalue weighted by molar-refractivity contribution is 5.86. The van der Waals surface area contributed by atoms with E-state index in [1.165, 1.54) is 11.1 Å². The van der Waals surface area contributed by atoms with Crippen molar-refractivity contribution in [2.24, 2.45) is 0 Å². The molecule has 3 aromatic rings. The molecule has 0 fully saturated rings. The van der Waals surface area contributed by atoms with Crippen molar-refractivity contribution in [3.05, 3.63) is 47.5 Å². The molecule has 0 aliphatic carbocycles. The summed E-state index contributed by atoms with van der Waals surface area (Å²) in [6.45, 7) is 8.80. The van der Waals surface area contributed by atoms with E-state index in [2.05, 4.69) is 64.1 Å². The molecular weight excluding hydrogens is 244 g/mol. The molecule has 2 aromatic carbocycles. The van der Waals surface area contributed by atoms with Gasteiger partial charge in [-0.25, -0.2) is 9.97 Å². The van der Waals surface area contributed by atoms with Crippen LogP contribution in [0.4, 0.5) is 0 Å². The Morgan fingerprint density at radius 1 is 0.600 bits per heavy atom. The first kappa shape index (κ1) is 13.0. The van der Waals surface area contributed by atoms with E-state index in [1.807, 2.05) is 0 Å². The summed E-state index contributed by atoms with van der Waals surface area (Å²) < 4.78 is 0. The molecule has 0 atom stereocenters. The Morgan fingerprint density at radius 3 is 1.40 bits per heavy atom. The van der Waals surface area contributed by atoms with Gasteiger partial charge in [0.1, 0.15) is 0 Å². The van der Waals surface area contributed by atoms with Gasteiger partial charge in [0.25, 0.3) is 0 Å². The number of benzene rings is 2. The van der Waals surface area contributed by atoms with E-state index in [9.17, 15) is 0 Å². The number of hydrogen-bond acceptors (Lipinski definition) is 2. The minimum absolute atomic E-state index is 0.513. The Balaban J connectivity index is 2.24. The Labute approximate surface area is 119 Å². The van der Waals surface area contributed by atoms with Crippen LogP contribution in [0.25, 0.3) is 22.1 Å². The van der Waals surface area contributed by atoms with Crippen LogP contribution in [-0.4, -0.2) is 9.97 Å². The lowest BCUT2D eigenvalue weighted by atomic mass is 10.0. The smallest absolute Gasteiger partial charge is 0.0897 e. The predicted octanol–water partition coefficient (Wildman–Crippen LogP) is 5.03. The van der Waals surface area contributed by atoms with Crippen molar-refractivity contribution in [3.8, 4) is 0 Å². The molecular formula is C18H20N2. The van der Waals surface area contributed by atoms with E-state index < -0.39 is 0 Å². The maximum atomic E-state index is 4.80. The van der Waals surface area contributed by atoms with Crippen molar-refractivity contribution in [2.75, 3.05) is 0 Å². The fraction of sp³-hybridized carbons (Fsp3) is 0.333. The van der Waals surface area contributed by atoms with Crippen LogP contribution in [0, 0.1) is 0 Å². The van der Waals surface area contributed by atoms with Crippen LogP contribution < -0.4 is 0 Å². The minimum Gasteiger partial charge on any atom is -0.245 e. The highest BCUT2D eigenvalue weighted by Gasteiger charge is 2.07. The zero-order valence-corrected chi connectivity index (χ0v) is 12.5. The molecule has 2 heteroatoms. The van der Waals surface area contributed by atoms with E-state index >= 15 is 0 Å². The fourth-order valence-corrected chi connectivity index (χ4v) is 2.43. The molecule has 0 aliphatic heterocycles. The van der Waals surface area contributed by atoms with Crippen LogP contribution in [-0.2, 0) is 0 Å². The first-order chi connectivity index (χ1) is 9.54. The Hall–Kier alpha value is -1.96. The first-order valence-electron chi connectivity index (χ1n) is 7.26. The largest absolute Gasteiger partial charge is 0.245 e. The van der Waals surface area contributed by atoms with E-state index in [0.717, 1.165) is 22.1 Å². The maximum Gasteiger partial charge on any atom is 0.0897 e. The molecule has 20 heavy (non-hydrogen) atoms. The lowest BCUT2D eigenvalue weighted by molar-refractivity contribution is 0.867. The topological polar surface area (TPSA) is 25.8 Å². The third-order valence-electron chi connectivity index (χ3n) is 3.81. The molecule has 0 aliphatic rings. The second kappa shape index (κ2) is 4.86. The van der Waals surface area contributed by atoms with Gasteiger partial charge >= 0.3 is 0 Å². The predicted molar refractivity (Wildman–Crippen MR) is 85.2 cm³/mol. The van der Waals surface area contributed by atoms with Crippen LogP contribution in [0.5, 0.6) is 0 Å². The SMILES string of the molecule is CC(C)c1ccc2nc3ccc(C(C)C)cc3nc2c1. The first-order valence-corrected chi connectivity index (χ1v) is 7.26. The van der Waals surface area contributed by atoms with Crippen molar-refractivity contribution in [1.29, 1.82) is 0 Å². The van der Waals surface area contributed by atoms with Gasteiger partial charge in [0, 0.05) is 0 Å². The Morgan fingerprint density at radius 2 is 1.00 bits per heavy atom. The van der Waals surface area contributed by atoms with Crippen LogP contribution in [0.3, 0.4) is 0 Å². The normalized spacial score (nSPS) is 11.9. The lowest BCUT2D eigenvalue weighted by Crippen LogP contribution is -1.93.